The van der Waals surface area contributed by atoms with Crippen LogP contribution in [0.2, 0.25) is 0 Å². The van der Waals surface area contributed by atoms with Crippen LogP contribution in [0.1, 0.15) is 55.2 Å². The van der Waals surface area contributed by atoms with Gasteiger partial charge in [-0.15, -0.1) is 0 Å². The lowest BCUT2D eigenvalue weighted by molar-refractivity contribution is -0.348. The van der Waals surface area contributed by atoms with Gasteiger partial charge in [0.2, 0.25) is 5.91 Å². The van der Waals surface area contributed by atoms with Crippen LogP contribution in [0.25, 0.3) is 0 Å². The van der Waals surface area contributed by atoms with Crippen LogP contribution in [-0.4, -0.2) is 56.6 Å². The highest BCUT2D eigenvalue weighted by atomic mass is 32.2. The highest BCUT2D eigenvalue weighted by Gasteiger charge is 2.73. The summed E-state index contributed by atoms with van der Waals surface area (Å²) in [5, 5.41) is 13.6. The zero-order chi connectivity index (χ0) is 32.3. The number of sulfone groups is 1. The molecule has 242 valence electrons. The second-order valence-electron chi connectivity index (χ2n) is 11.7. The zero-order valence-electron chi connectivity index (χ0n) is 23.1. The maximum absolute atomic E-state index is 15.0. The Labute approximate surface area is 247 Å². The van der Waals surface area contributed by atoms with Crippen molar-refractivity contribution in [3.05, 3.63) is 65.0 Å². The van der Waals surface area contributed by atoms with E-state index in [1.54, 1.807) is 0 Å². The van der Waals surface area contributed by atoms with E-state index in [-0.39, 0.29) is 74.2 Å². The number of nitrogens with one attached hydrogen (secondary N) is 1. The Hall–Kier alpha value is -2.78. The van der Waals surface area contributed by atoms with E-state index < -0.39 is 67.5 Å². The highest BCUT2D eigenvalue weighted by molar-refractivity contribution is 7.92. The minimum absolute atomic E-state index is 0.0672. The summed E-state index contributed by atoms with van der Waals surface area (Å²) in [5.74, 6) is -2.20. The van der Waals surface area contributed by atoms with Gasteiger partial charge in [-0.1, -0.05) is 18.2 Å². The molecule has 2 fully saturated rings. The minimum atomic E-state index is -6.36. The fourth-order valence-corrected chi connectivity index (χ4v) is 9.51. The highest BCUT2D eigenvalue weighted by Crippen LogP contribution is 2.59. The third-order valence-electron chi connectivity index (χ3n) is 9.24. The Morgan fingerprint density at radius 2 is 1.55 bits per heavy atom. The molecule has 44 heavy (non-hydrogen) atoms. The summed E-state index contributed by atoms with van der Waals surface area (Å²) in [6, 6.07) is 4.53. The summed E-state index contributed by atoms with van der Waals surface area (Å²) >= 11 is 0. The average Bonchev–Trinajstić information content (AvgIpc) is 3.31. The van der Waals surface area contributed by atoms with Crippen LogP contribution in [0.15, 0.2) is 47.4 Å². The van der Waals surface area contributed by atoms with Crippen LogP contribution < -0.4 is 5.32 Å². The number of ether oxygens (including phenoxy) is 1. The molecular formula is C29H29F8NO5S. The fraction of sp³-hybridized carbons (Fsp3) is 0.552. The molecule has 1 amide bonds. The number of aryl methyl sites for hydroxylation is 1. The van der Waals surface area contributed by atoms with E-state index in [0.29, 0.717) is 12.1 Å². The Morgan fingerprint density at radius 1 is 0.932 bits per heavy atom. The van der Waals surface area contributed by atoms with Gasteiger partial charge in [0.1, 0.15) is 10.6 Å². The van der Waals surface area contributed by atoms with E-state index in [2.05, 4.69) is 5.32 Å². The van der Waals surface area contributed by atoms with Crippen molar-refractivity contribution < 1.29 is 58.2 Å². The first kappa shape index (κ1) is 32.6. The van der Waals surface area contributed by atoms with E-state index in [1.165, 1.54) is 0 Å². The first-order valence-electron chi connectivity index (χ1n) is 13.9. The molecular weight excluding hydrogens is 626 g/mol. The van der Waals surface area contributed by atoms with Gasteiger partial charge >= 0.3 is 18.0 Å². The van der Waals surface area contributed by atoms with Gasteiger partial charge < -0.3 is 15.2 Å². The van der Waals surface area contributed by atoms with Crippen molar-refractivity contribution in [2.45, 2.75) is 84.3 Å². The molecule has 0 radical (unpaired) electrons. The lowest BCUT2D eigenvalue weighted by atomic mass is 9.74. The Kier molecular flexibility index (Phi) is 8.10. The number of aliphatic hydroxyl groups is 1. The predicted molar refractivity (Wildman–Crippen MR) is 139 cm³/mol. The summed E-state index contributed by atoms with van der Waals surface area (Å²) in [7, 11) is -4.53. The molecule has 1 heterocycles. The van der Waals surface area contributed by atoms with E-state index in [9.17, 15) is 53.4 Å². The van der Waals surface area contributed by atoms with Crippen LogP contribution in [0.3, 0.4) is 0 Å². The van der Waals surface area contributed by atoms with Crippen LogP contribution in [0.4, 0.5) is 35.1 Å². The van der Waals surface area contributed by atoms with E-state index in [1.807, 2.05) is 0 Å². The molecule has 2 N–H and O–H groups in total. The first-order valence-corrected chi connectivity index (χ1v) is 15.4. The van der Waals surface area contributed by atoms with Gasteiger partial charge in [-0.25, -0.2) is 17.2 Å². The van der Waals surface area contributed by atoms with Crippen LogP contribution >= 0.6 is 0 Å². The number of alkyl halides is 7. The monoisotopic (exact) mass is 655 g/mol. The number of amides is 1. The molecule has 2 aromatic rings. The first-order chi connectivity index (χ1) is 20.4. The molecule has 0 spiro atoms. The Morgan fingerprint density at radius 3 is 2.14 bits per heavy atom. The van der Waals surface area contributed by atoms with Gasteiger partial charge in [0.25, 0.3) is 0 Å². The maximum atomic E-state index is 15.0. The van der Waals surface area contributed by atoms with E-state index >= 15 is 0 Å². The molecule has 3 atom stereocenters. The quantitative estimate of drug-likeness (QED) is 0.315. The molecule has 0 aromatic heterocycles. The average molecular weight is 656 g/mol. The molecule has 0 unspecified atom stereocenters. The van der Waals surface area contributed by atoms with Crippen molar-refractivity contribution in [1.29, 1.82) is 0 Å². The Balaban J connectivity index is 1.58. The van der Waals surface area contributed by atoms with Gasteiger partial charge in [0, 0.05) is 43.6 Å². The van der Waals surface area contributed by atoms with Crippen molar-refractivity contribution in [2.24, 2.45) is 5.92 Å². The normalized spacial score (nSPS) is 25.7. The molecule has 15 heteroatoms. The number of rotatable bonds is 6. The van der Waals surface area contributed by atoms with Crippen molar-refractivity contribution >= 4 is 15.7 Å². The number of hydrogen-bond acceptors (Lipinski definition) is 5. The van der Waals surface area contributed by atoms with Gasteiger partial charge in [0.15, 0.2) is 9.84 Å². The van der Waals surface area contributed by atoms with Gasteiger partial charge in [-0.3, -0.25) is 4.79 Å². The largest absolute Gasteiger partial charge is 0.435 e. The second-order valence-corrected chi connectivity index (χ2v) is 14.0. The van der Waals surface area contributed by atoms with Crippen LogP contribution in [-0.2, 0) is 36.2 Å². The van der Waals surface area contributed by atoms with Gasteiger partial charge in [-0.05, 0) is 61.1 Å². The summed E-state index contributed by atoms with van der Waals surface area (Å²) in [6.45, 7) is 0.493. The summed E-state index contributed by atoms with van der Waals surface area (Å²) in [6.07, 6.45) is -13.0. The third kappa shape index (κ3) is 5.17. The summed E-state index contributed by atoms with van der Waals surface area (Å²) in [4.78, 5) is 12.7. The smallest absolute Gasteiger partial charge is 0.389 e. The minimum Gasteiger partial charge on any atom is -0.389 e. The summed E-state index contributed by atoms with van der Waals surface area (Å²) < 4.78 is 142. The number of hydrogen-bond donors (Lipinski definition) is 2. The topological polar surface area (TPSA) is 92.7 Å². The van der Waals surface area contributed by atoms with E-state index in [4.69, 9.17) is 4.74 Å². The molecule has 3 aliphatic rings. The molecule has 6 nitrogen and oxygen atoms in total. The predicted octanol–water partition coefficient (Wildman–Crippen LogP) is 5.56. The summed E-state index contributed by atoms with van der Waals surface area (Å²) in [5.41, 5.74) is -9.07. The lowest BCUT2D eigenvalue weighted by Crippen LogP contribution is -2.51. The van der Waals surface area contributed by atoms with Crippen LogP contribution in [0.5, 0.6) is 0 Å². The lowest BCUT2D eigenvalue weighted by Gasteiger charge is -2.43. The SMILES string of the molecule is O=C(CC1(O)CCOCC1)N[C@@H]1CC[C@@]2(S(=O)(=O)c3ccc(F)cc3)c3ccc(C(F)(C(F)(F)F)C(F)(F)F)cc3CC[C@@H]12. The van der Waals surface area contributed by atoms with Crippen molar-refractivity contribution in [1.82, 2.24) is 5.32 Å². The number of benzene rings is 2. The standard InChI is InChI=1S/C29H29F8NO5S/c30-19-3-5-20(6-4-19)44(41,42)26-10-9-23(38-24(39)16-25(40)11-13-43-14-12-25)22(26)7-1-17-15-18(2-8-21(17)26)27(31,28(32,33)34)29(35,36)37/h2-6,8,15,22-23,40H,1,7,9-14,16H2,(H,38,39)/t22-,23+,26+/m0/s1. The van der Waals surface area contributed by atoms with Crippen molar-refractivity contribution in [2.75, 3.05) is 13.2 Å². The molecule has 2 aromatic carbocycles. The third-order valence-corrected chi connectivity index (χ3v) is 11.8. The molecule has 5 rings (SSSR count). The fourth-order valence-electron chi connectivity index (χ4n) is 7.04. The van der Waals surface area contributed by atoms with Crippen molar-refractivity contribution in [3.8, 4) is 0 Å². The van der Waals surface area contributed by atoms with Crippen LogP contribution in [0, 0.1) is 11.7 Å². The van der Waals surface area contributed by atoms with Crippen molar-refractivity contribution in [3.63, 3.8) is 0 Å². The van der Waals surface area contributed by atoms with E-state index in [0.717, 1.165) is 30.3 Å². The van der Waals surface area contributed by atoms with Gasteiger partial charge in [0.05, 0.1) is 16.9 Å². The maximum Gasteiger partial charge on any atom is 0.435 e. The number of carbonyl (C=O) groups is 1. The number of fused-ring (bicyclic) bond motifs is 3. The Bertz CT molecular complexity index is 1510. The number of carbonyl (C=O) groups excluding carboxylic acids is 1. The molecule has 2 aliphatic carbocycles. The molecule has 1 aliphatic heterocycles. The molecule has 1 saturated heterocycles. The molecule has 0 bridgehead atoms. The zero-order valence-corrected chi connectivity index (χ0v) is 23.9. The second kappa shape index (κ2) is 10.9. The number of halogens is 8. The molecule has 1 saturated carbocycles. The van der Waals surface area contributed by atoms with Gasteiger partial charge in [-0.2, -0.15) is 26.3 Å².